The normalized spacial score (nSPS) is 38.6. The van der Waals surface area contributed by atoms with Crippen molar-refractivity contribution in [2.24, 2.45) is 5.16 Å². The fraction of sp³-hybridized carbons (Fsp3) is 0.667. The Morgan fingerprint density at radius 1 is 2.00 bits per heavy atom. The molecule has 40 valence electrons. The van der Waals surface area contributed by atoms with Gasteiger partial charge in [-0.15, -0.1) is 0 Å². The Labute approximate surface area is 40.7 Å². The highest BCUT2D eigenvalue weighted by molar-refractivity contribution is 5.67. The van der Waals surface area contributed by atoms with Crippen LogP contribution in [0.25, 0.3) is 0 Å². The maximum Gasteiger partial charge on any atom is 0.186 e. The second kappa shape index (κ2) is 1.18. The van der Waals surface area contributed by atoms with E-state index in [4.69, 9.17) is 5.11 Å². The maximum atomic E-state index is 8.81. The zero-order valence-electron chi connectivity index (χ0n) is 3.88. The number of rotatable bonds is 0. The second-order valence-electron chi connectivity index (χ2n) is 1.58. The van der Waals surface area contributed by atoms with E-state index in [-0.39, 0.29) is 0 Å². The summed E-state index contributed by atoms with van der Waals surface area (Å²) in [6.07, 6.45) is 1.27. The molecular formula is C3H6N2O2. The van der Waals surface area contributed by atoms with Crippen LogP contribution in [0.3, 0.4) is 0 Å². The topological polar surface area (TPSA) is 53.9 Å². The molecule has 1 rings (SSSR count). The minimum Gasteiger partial charge on any atom is -0.368 e. The third-order valence-corrected chi connectivity index (χ3v) is 0.609. The van der Waals surface area contributed by atoms with E-state index in [0.29, 0.717) is 0 Å². The van der Waals surface area contributed by atoms with Crippen LogP contribution in [-0.4, -0.2) is 17.0 Å². The largest absolute Gasteiger partial charge is 0.368 e. The van der Waals surface area contributed by atoms with E-state index in [1.807, 2.05) is 0 Å². The van der Waals surface area contributed by atoms with Crippen LogP contribution < -0.4 is 5.48 Å². The summed E-state index contributed by atoms with van der Waals surface area (Å²) in [5.74, 6) is 0. The molecule has 2 N–H and O–H groups in total. The van der Waals surface area contributed by atoms with Gasteiger partial charge in [0.25, 0.3) is 0 Å². The SMILES string of the molecule is CC1(O)C=NON1. The lowest BCUT2D eigenvalue weighted by Gasteiger charge is -2.07. The van der Waals surface area contributed by atoms with E-state index in [1.54, 1.807) is 0 Å². The number of hydrogen-bond acceptors (Lipinski definition) is 4. The summed E-state index contributed by atoms with van der Waals surface area (Å²) < 4.78 is 0. The van der Waals surface area contributed by atoms with Crippen LogP contribution in [0.2, 0.25) is 0 Å². The van der Waals surface area contributed by atoms with Crippen LogP contribution in [0.5, 0.6) is 0 Å². The number of oxime groups is 1. The Balaban J connectivity index is 2.57. The third kappa shape index (κ3) is 0.880. The van der Waals surface area contributed by atoms with E-state index >= 15 is 0 Å². The van der Waals surface area contributed by atoms with Crippen molar-refractivity contribution in [3.63, 3.8) is 0 Å². The number of nitrogens with zero attached hydrogens (tertiary/aromatic N) is 1. The molecule has 0 amide bonds. The lowest BCUT2D eigenvalue weighted by atomic mass is 10.3. The van der Waals surface area contributed by atoms with E-state index < -0.39 is 5.72 Å². The van der Waals surface area contributed by atoms with Crippen molar-refractivity contribution < 1.29 is 10.0 Å². The predicted octanol–water partition coefficient (Wildman–Crippen LogP) is -0.785. The molecular weight excluding hydrogens is 96.0 g/mol. The monoisotopic (exact) mass is 102 g/mol. The molecule has 4 heteroatoms. The molecule has 1 aliphatic heterocycles. The van der Waals surface area contributed by atoms with Crippen LogP contribution >= 0.6 is 0 Å². The van der Waals surface area contributed by atoms with Gasteiger partial charge in [0.1, 0.15) is 0 Å². The molecule has 0 saturated heterocycles. The summed E-state index contributed by atoms with van der Waals surface area (Å²) in [6.45, 7) is 1.53. The van der Waals surface area contributed by atoms with Crippen LogP contribution in [-0.2, 0) is 4.94 Å². The predicted molar refractivity (Wildman–Crippen MR) is 23.3 cm³/mol. The van der Waals surface area contributed by atoms with Crippen molar-refractivity contribution in [2.45, 2.75) is 12.6 Å². The molecule has 1 aliphatic rings. The van der Waals surface area contributed by atoms with Crippen molar-refractivity contribution in [1.82, 2.24) is 5.48 Å². The van der Waals surface area contributed by atoms with Gasteiger partial charge in [0, 0.05) is 0 Å². The zero-order chi connectivity index (χ0) is 5.33. The first kappa shape index (κ1) is 4.55. The van der Waals surface area contributed by atoms with Crippen molar-refractivity contribution in [2.75, 3.05) is 0 Å². The molecule has 7 heavy (non-hydrogen) atoms. The van der Waals surface area contributed by atoms with Crippen LogP contribution in [0.4, 0.5) is 0 Å². The Kier molecular flexibility index (Phi) is 0.765. The molecule has 0 aromatic carbocycles. The Morgan fingerprint density at radius 3 is 2.86 bits per heavy atom. The number of aliphatic hydroxyl groups is 1. The summed E-state index contributed by atoms with van der Waals surface area (Å²) in [5, 5.41) is 12.1. The molecule has 0 aromatic rings. The Morgan fingerprint density at radius 2 is 2.71 bits per heavy atom. The molecule has 1 heterocycles. The van der Waals surface area contributed by atoms with E-state index in [9.17, 15) is 0 Å². The average molecular weight is 102 g/mol. The highest BCUT2D eigenvalue weighted by Gasteiger charge is 2.21. The third-order valence-electron chi connectivity index (χ3n) is 0.609. The number of hydrogen-bond donors (Lipinski definition) is 2. The van der Waals surface area contributed by atoms with Crippen molar-refractivity contribution >= 4 is 6.21 Å². The fourth-order valence-electron chi connectivity index (χ4n) is 0.274. The van der Waals surface area contributed by atoms with Crippen LogP contribution in [0, 0.1) is 0 Å². The summed E-state index contributed by atoms with van der Waals surface area (Å²) in [7, 11) is 0. The van der Waals surface area contributed by atoms with Gasteiger partial charge in [-0.2, -0.15) is 0 Å². The van der Waals surface area contributed by atoms with Crippen molar-refractivity contribution in [3.8, 4) is 0 Å². The molecule has 0 aromatic heterocycles. The number of nitrogens with one attached hydrogen (secondary N) is 1. The average Bonchev–Trinajstić information content (AvgIpc) is 1.84. The number of hydroxylamine groups is 1. The molecule has 1 unspecified atom stereocenters. The van der Waals surface area contributed by atoms with E-state index in [2.05, 4.69) is 15.6 Å². The lowest BCUT2D eigenvalue weighted by Crippen LogP contribution is -2.37. The quantitative estimate of drug-likeness (QED) is 0.421. The van der Waals surface area contributed by atoms with Gasteiger partial charge in [0.2, 0.25) is 0 Å². The molecule has 0 spiro atoms. The highest BCUT2D eigenvalue weighted by atomic mass is 16.8. The molecule has 0 saturated carbocycles. The summed E-state index contributed by atoms with van der Waals surface area (Å²) in [5.41, 5.74) is 1.16. The van der Waals surface area contributed by atoms with E-state index in [1.165, 1.54) is 13.1 Å². The van der Waals surface area contributed by atoms with Gasteiger partial charge in [-0.25, -0.2) is 0 Å². The Hall–Kier alpha value is -0.610. The first-order valence-corrected chi connectivity index (χ1v) is 1.91. The summed E-state index contributed by atoms with van der Waals surface area (Å²) in [4.78, 5) is 4.23. The smallest absolute Gasteiger partial charge is 0.186 e. The van der Waals surface area contributed by atoms with Gasteiger partial charge in [-0.3, -0.25) is 4.94 Å². The van der Waals surface area contributed by atoms with Gasteiger partial charge >= 0.3 is 0 Å². The minimum absolute atomic E-state index is 1.07. The highest BCUT2D eigenvalue weighted by Crippen LogP contribution is 1.98. The van der Waals surface area contributed by atoms with Crippen LogP contribution in [0.1, 0.15) is 6.92 Å². The van der Waals surface area contributed by atoms with Gasteiger partial charge < -0.3 is 5.11 Å². The van der Waals surface area contributed by atoms with Gasteiger partial charge in [-0.05, 0) is 6.92 Å². The van der Waals surface area contributed by atoms with Crippen LogP contribution in [0.15, 0.2) is 5.16 Å². The molecule has 4 nitrogen and oxygen atoms in total. The fourth-order valence-corrected chi connectivity index (χ4v) is 0.274. The van der Waals surface area contributed by atoms with Crippen molar-refractivity contribution in [3.05, 3.63) is 0 Å². The van der Waals surface area contributed by atoms with Gasteiger partial charge in [0.15, 0.2) is 5.72 Å². The standard InChI is InChI=1S/C3H6N2O2/c1-3(6)2-4-7-5-3/h2,5-6H,1H3. The lowest BCUT2D eigenvalue weighted by molar-refractivity contribution is -0.0474. The van der Waals surface area contributed by atoms with Gasteiger partial charge in [0.05, 0.1) is 6.21 Å². The molecule has 0 bridgehead atoms. The first-order valence-electron chi connectivity index (χ1n) is 1.91. The second-order valence-corrected chi connectivity index (χ2v) is 1.58. The molecule has 0 fully saturated rings. The summed E-state index contributed by atoms with van der Waals surface area (Å²) in [6, 6.07) is 0. The Bertz CT molecular complexity index is 99.1. The van der Waals surface area contributed by atoms with Gasteiger partial charge in [-0.1, -0.05) is 10.6 Å². The molecule has 0 aliphatic carbocycles. The molecule has 1 atom stereocenters. The minimum atomic E-state index is -1.07. The molecule has 0 radical (unpaired) electrons. The summed E-state index contributed by atoms with van der Waals surface area (Å²) >= 11 is 0. The first-order chi connectivity index (χ1) is 3.21. The zero-order valence-corrected chi connectivity index (χ0v) is 3.88. The van der Waals surface area contributed by atoms with Crippen molar-refractivity contribution in [1.29, 1.82) is 0 Å². The maximum absolute atomic E-state index is 8.81. The van der Waals surface area contributed by atoms with E-state index in [0.717, 1.165) is 0 Å².